The van der Waals surface area contributed by atoms with E-state index in [1.165, 1.54) is 0 Å². The van der Waals surface area contributed by atoms with Gasteiger partial charge in [0, 0.05) is 29.5 Å². The zero-order valence-electron chi connectivity index (χ0n) is 18.6. The molecule has 2 amide bonds. The molecule has 0 bridgehead atoms. The Kier molecular flexibility index (Phi) is 7.88. The fourth-order valence-electron chi connectivity index (χ4n) is 3.19. The van der Waals surface area contributed by atoms with Crippen LogP contribution < -0.4 is 15.4 Å². The molecular formula is C28H22ClN3O3. The lowest BCUT2D eigenvalue weighted by atomic mass is 10.1. The van der Waals surface area contributed by atoms with E-state index < -0.39 is 11.8 Å². The smallest absolute Gasteiger partial charge is 0.268 e. The molecule has 6 nitrogen and oxygen atoms in total. The number of ether oxygens (including phenoxy) is 1. The van der Waals surface area contributed by atoms with Gasteiger partial charge in [-0.25, -0.2) is 0 Å². The van der Waals surface area contributed by atoms with Crippen molar-refractivity contribution in [1.29, 1.82) is 0 Å². The first-order valence-corrected chi connectivity index (χ1v) is 11.2. The summed E-state index contributed by atoms with van der Waals surface area (Å²) in [5, 5.41) is 6.06. The van der Waals surface area contributed by atoms with Crippen LogP contribution in [0.4, 0.5) is 0 Å². The molecule has 1 aromatic heterocycles. The molecule has 174 valence electrons. The lowest BCUT2D eigenvalue weighted by Gasteiger charge is -2.12. The van der Waals surface area contributed by atoms with Gasteiger partial charge in [0.2, 0.25) is 0 Å². The van der Waals surface area contributed by atoms with Gasteiger partial charge in [-0.1, -0.05) is 48.0 Å². The number of aromatic nitrogens is 1. The average molecular weight is 484 g/mol. The van der Waals surface area contributed by atoms with Gasteiger partial charge in [-0.2, -0.15) is 0 Å². The minimum atomic E-state index is -0.439. The van der Waals surface area contributed by atoms with E-state index in [1.807, 2.05) is 54.6 Å². The highest BCUT2D eigenvalue weighted by Gasteiger charge is 2.15. The normalized spacial score (nSPS) is 10.9. The number of nitrogens with one attached hydrogen (secondary N) is 2. The highest BCUT2D eigenvalue weighted by Crippen LogP contribution is 2.23. The molecule has 0 aliphatic rings. The van der Waals surface area contributed by atoms with E-state index in [0.29, 0.717) is 27.6 Å². The molecule has 0 spiro atoms. The molecule has 3 aromatic carbocycles. The van der Waals surface area contributed by atoms with E-state index >= 15 is 0 Å². The zero-order chi connectivity index (χ0) is 24.5. The summed E-state index contributed by atoms with van der Waals surface area (Å²) < 4.78 is 5.89. The Labute approximate surface area is 208 Å². The SMILES string of the molecule is O=C(NCc1cccnc1)/C(=C/c1cccc(Oc2ccccc2)c1)NC(=O)c1ccc(Cl)cc1. The van der Waals surface area contributed by atoms with Crippen molar-refractivity contribution in [2.75, 3.05) is 0 Å². The second kappa shape index (κ2) is 11.6. The predicted octanol–water partition coefficient (Wildman–Crippen LogP) is 5.61. The third-order valence-electron chi connectivity index (χ3n) is 4.92. The fourth-order valence-corrected chi connectivity index (χ4v) is 3.32. The number of halogens is 1. The first-order valence-electron chi connectivity index (χ1n) is 10.9. The molecule has 1 heterocycles. The van der Waals surface area contributed by atoms with Crippen molar-refractivity contribution in [2.45, 2.75) is 6.54 Å². The molecule has 35 heavy (non-hydrogen) atoms. The van der Waals surface area contributed by atoms with E-state index in [-0.39, 0.29) is 12.2 Å². The number of benzene rings is 3. The van der Waals surface area contributed by atoms with Crippen LogP contribution in [0.1, 0.15) is 21.5 Å². The lowest BCUT2D eigenvalue weighted by molar-refractivity contribution is -0.117. The Balaban J connectivity index is 1.57. The average Bonchev–Trinajstić information content (AvgIpc) is 2.88. The molecule has 0 fully saturated rings. The van der Waals surface area contributed by atoms with Gasteiger partial charge in [0.1, 0.15) is 17.2 Å². The fraction of sp³-hybridized carbons (Fsp3) is 0.0357. The first-order chi connectivity index (χ1) is 17.1. The Morgan fingerprint density at radius 1 is 0.886 bits per heavy atom. The number of rotatable bonds is 8. The van der Waals surface area contributed by atoms with Crippen LogP contribution in [0.2, 0.25) is 5.02 Å². The standard InChI is InChI=1S/C28H22ClN3O3/c29-23-13-11-22(12-14-23)27(33)32-26(28(34)31-19-21-7-5-15-30-18-21)17-20-6-4-10-25(16-20)35-24-8-2-1-3-9-24/h1-18H,19H2,(H,31,34)(H,32,33)/b26-17-. The topological polar surface area (TPSA) is 80.3 Å². The van der Waals surface area contributed by atoms with Crippen molar-refractivity contribution in [3.05, 3.63) is 131 Å². The van der Waals surface area contributed by atoms with Gasteiger partial charge in [0.05, 0.1) is 0 Å². The van der Waals surface area contributed by atoms with Gasteiger partial charge < -0.3 is 15.4 Å². The van der Waals surface area contributed by atoms with Crippen LogP contribution in [0.25, 0.3) is 6.08 Å². The van der Waals surface area contributed by atoms with Gasteiger partial charge in [-0.15, -0.1) is 0 Å². The number of para-hydroxylation sites is 1. The molecule has 0 unspecified atom stereocenters. The van der Waals surface area contributed by atoms with Gasteiger partial charge >= 0.3 is 0 Å². The molecule has 0 radical (unpaired) electrons. The summed E-state index contributed by atoms with van der Waals surface area (Å²) in [6.45, 7) is 0.262. The van der Waals surface area contributed by atoms with Crippen LogP contribution in [0.15, 0.2) is 109 Å². The van der Waals surface area contributed by atoms with Crippen LogP contribution in [0.5, 0.6) is 11.5 Å². The Morgan fingerprint density at radius 3 is 2.40 bits per heavy atom. The van der Waals surface area contributed by atoms with Crippen molar-refractivity contribution in [2.24, 2.45) is 0 Å². The second-order valence-corrected chi connectivity index (χ2v) is 7.99. The number of carbonyl (C=O) groups excluding carboxylic acids is 2. The highest BCUT2D eigenvalue weighted by atomic mass is 35.5. The quantitative estimate of drug-likeness (QED) is 0.319. The van der Waals surface area contributed by atoms with E-state index in [2.05, 4.69) is 15.6 Å². The monoisotopic (exact) mass is 483 g/mol. The third-order valence-corrected chi connectivity index (χ3v) is 5.18. The molecule has 4 aromatic rings. The number of amides is 2. The first kappa shape index (κ1) is 23.7. The summed E-state index contributed by atoms with van der Waals surface area (Å²) >= 11 is 5.93. The minimum absolute atomic E-state index is 0.0886. The lowest BCUT2D eigenvalue weighted by Crippen LogP contribution is -2.34. The predicted molar refractivity (Wildman–Crippen MR) is 136 cm³/mol. The van der Waals surface area contributed by atoms with E-state index in [4.69, 9.17) is 16.3 Å². The molecule has 4 rings (SSSR count). The summed E-state index contributed by atoms with van der Waals surface area (Å²) in [5.41, 5.74) is 1.98. The van der Waals surface area contributed by atoms with Crippen molar-refractivity contribution >= 4 is 29.5 Å². The van der Waals surface area contributed by atoms with Gasteiger partial charge in [0.25, 0.3) is 11.8 Å². The number of nitrogens with zero attached hydrogens (tertiary/aromatic N) is 1. The number of hydrogen-bond donors (Lipinski definition) is 2. The van der Waals surface area contributed by atoms with Crippen molar-refractivity contribution in [3.8, 4) is 11.5 Å². The van der Waals surface area contributed by atoms with Crippen molar-refractivity contribution < 1.29 is 14.3 Å². The number of carbonyl (C=O) groups is 2. The Bertz CT molecular complexity index is 1320. The maximum absolute atomic E-state index is 13.1. The van der Waals surface area contributed by atoms with Crippen molar-refractivity contribution in [3.63, 3.8) is 0 Å². The van der Waals surface area contributed by atoms with Crippen LogP contribution in [0.3, 0.4) is 0 Å². The van der Waals surface area contributed by atoms with Crippen LogP contribution in [-0.2, 0) is 11.3 Å². The summed E-state index contributed by atoms with van der Waals surface area (Å²) in [6.07, 6.45) is 4.93. The maximum Gasteiger partial charge on any atom is 0.268 e. The molecule has 0 aliphatic heterocycles. The number of pyridine rings is 1. The highest BCUT2D eigenvalue weighted by molar-refractivity contribution is 6.30. The number of hydrogen-bond acceptors (Lipinski definition) is 4. The minimum Gasteiger partial charge on any atom is -0.457 e. The molecule has 0 aliphatic carbocycles. The molecular weight excluding hydrogens is 462 g/mol. The Morgan fingerprint density at radius 2 is 1.66 bits per heavy atom. The second-order valence-electron chi connectivity index (χ2n) is 7.55. The molecule has 0 atom stereocenters. The zero-order valence-corrected chi connectivity index (χ0v) is 19.4. The largest absolute Gasteiger partial charge is 0.457 e. The molecule has 7 heteroatoms. The summed E-state index contributed by atoms with van der Waals surface area (Å²) in [4.78, 5) is 29.9. The van der Waals surface area contributed by atoms with Crippen LogP contribution in [-0.4, -0.2) is 16.8 Å². The van der Waals surface area contributed by atoms with Gasteiger partial charge in [-0.3, -0.25) is 14.6 Å². The summed E-state index contributed by atoms with van der Waals surface area (Å²) in [7, 11) is 0. The van der Waals surface area contributed by atoms with Crippen molar-refractivity contribution in [1.82, 2.24) is 15.6 Å². The third kappa shape index (κ3) is 7.03. The van der Waals surface area contributed by atoms with Gasteiger partial charge in [-0.05, 0) is 71.8 Å². The van der Waals surface area contributed by atoms with E-state index in [0.717, 1.165) is 5.56 Å². The van der Waals surface area contributed by atoms with E-state index in [1.54, 1.807) is 54.9 Å². The molecule has 0 saturated heterocycles. The molecule has 2 N–H and O–H groups in total. The molecule has 0 saturated carbocycles. The van der Waals surface area contributed by atoms with E-state index in [9.17, 15) is 9.59 Å². The van der Waals surface area contributed by atoms with Crippen LogP contribution >= 0.6 is 11.6 Å². The van der Waals surface area contributed by atoms with Crippen LogP contribution in [0, 0.1) is 0 Å². The summed E-state index contributed by atoms with van der Waals surface area (Å²) in [5.74, 6) is 0.426. The maximum atomic E-state index is 13.1. The van der Waals surface area contributed by atoms with Gasteiger partial charge in [0.15, 0.2) is 0 Å². The Hall–Kier alpha value is -4.42. The summed E-state index contributed by atoms with van der Waals surface area (Å²) in [6, 6.07) is 26.7.